The first-order valence-electron chi connectivity index (χ1n) is 7.11. The predicted octanol–water partition coefficient (Wildman–Crippen LogP) is -0.0864. The van der Waals surface area contributed by atoms with E-state index in [9.17, 15) is 9.59 Å². The molecule has 0 aromatic heterocycles. The van der Waals surface area contributed by atoms with E-state index in [-0.39, 0.29) is 0 Å². The van der Waals surface area contributed by atoms with Crippen LogP contribution >= 0.6 is 0 Å². The number of likely N-dealkylation sites (N-methyl/N-ethyl adjacent to an activating group) is 1. The second-order valence-electron chi connectivity index (χ2n) is 5.02. The molecule has 0 aromatic rings. The number of carbonyl (C=O) groups is 2. The number of nitrogens with one attached hydrogen (secondary N) is 1. The van der Waals surface area contributed by atoms with Crippen LogP contribution in [0.4, 0.5) is 0 Å². The molecule has 0 saturated carbocycles. The molecule has 0 radical (unpaired) electrons. The molecule has 2 amide bonds. The van der Waals surface area contributed by atoms with Gasteiger partial charge in [-0.05, 0) is 19.9 Å². The van der Waals surface area contributed by atoms with Gasteiger partial charge in [-0.1, -0.05) is 13.8 Å². The Morgan fingerprint density at radius 3 is 2.05 bits per heavy atom. The average molecular weight is 270 g/mol. The summed E-state index contributed by atoms with van der Waals surface area (Å²) in [5.41, 5.74) is 2.71. The van der Waals surface area contributed by atoms with E-state index in [2.05, 4.69) is 17.4 Å². The van der Waals surface area contributed by atoms with E-state index >= 15 is 0 Å². The molecule has 19 heavy (non-hydrogen) atoms. The summed E-state index contributed by atoms with van der Waals surface area (Å²) in [7, 11) is 2.05. The maximum absolute atomic E-state index is 12.0. The molecule has 0 aliphatic carbocycles. The lowest BCUT2D eigenvalue weighted by molar-refractivity contribution is -0.149. The highest BCUT2D eigenvalue weighted by atomic mass is 16.2. The largest absolute Gasteiger partial charge is 0.334 e. The highest BCUT2D eigenvalue weighted by molar-refractivity contribution is 6.34. The van der Waals surface area contributed by atoms with Gasteiger partial charge in [-0.15, -0.1) is 0 Å². The van der Waals surface area contributed by atoms with Crippen LogP contribution in [0.3, 0.4) is 0 Å². The van der Waals surface area contributed by atoms with Crippen molar-refractivity contribution >= 4 is 11.8 Å². The Bertz CT molecular complexity index is 295. The predicted molar refractivity (Wildman–Crippen MR) is 74.4 cm³/mol. The van der Waals surface area contributed by atoms with Gasteiger partial charge in [0.15, 0.2) is 0 Å². The minimum Gasteiger partial charge on any atom is -0.334 e. The van der Waals surface area contributed by atoms with Crippen LogP contribution in [-0.2, 0) is 9.59 Å². The SMILES string of the molecule is CCCN(CCC)C(=O)C(=O)NN1CCN(C)CC1. The van der Waals surface area contributed by atoms with Crippen molar-refractivity contribution in [3.63, 3.8) is 0 Å². The lowest BCUT2D eigenvalue weighted by atomic mass is 10.3. The number of amides is 2. The Morgan fingerprint density at radius 2 is 1.58 bits per heavy atom. The zero-order valence-corrected chi connectivity index (χ0v) is 12.3. The van der Waals surface area contributed by atoms with Crippen molar-refractivity contribution in [3.8, 4) is 0 Å². The number of hydrazine groups is 1. The van der Waals surface area contributed by atoms with Gasteiger partial charge in [0.1, 0.15) is 0 Å². The van der Waals surface area contributed by atoms with Crippen molar-refractivity contribution in [1.29, 1.82) is 0 Å². The van der Waals surface area contributed by atoms with Crippen LogP contribution in [0, 0.1) is 0 Å². The molecule has 1 saturated heterocycles. The van der Waals surface area contributed by atoms with Crippen LogP contribution in [0.2, 0.25) is 0 Å². The van der Waals surface area contributed by atoms with Gasteiger partial charge in [0.2, 0.25) is 0 Å². The monoisotopic (exact) mass is 270 g/mol. The van der Waals surface area contributed by atoms with Crippen LogP contribution < -0.4 is 5.43 Å². The van der Waals surface area contributed by atoms with Crippen molar-refractivity contribution in [2.75, 3.05) is 46.3 Å². The van der Waals surface area contributed by atoms with E-state index < -0.39 is 11.8 Å². The van der Waals surface area contributed by atoms with Crippen LogP contribution in [-0.4, -0.2) is 72.9 Å². The van der Waals surface area contributed by atoms with Gasteiger partial charge in [-0.25, -0.2) is 5.01 Å². The lowest BCUT2D eigenvalue weighted by Crippen LogP contribution is -2.56. The zero-order chi connectivity index (χ0) is 14.3. The quantitative estimate of drug-likeness (QED) is 0.710. The van der Waals surface area contributed by atoms with Gasteiger partial charge in [-0.3, -0.25) is 15.0 Å². The second kappa shape index (κ2) is 8.12. The molecular weight excluding hydrogens is 244 g/mol. The fourth-order valence-corrected chi connectivity index (χ4v) is 2.11. The normalized spacial score (nSPS) is 17.2. The molecule has 0 aromatic carbocycles. The molecule has 1 aliphatic rings. The van der Waals surface area contributed by atoms with E-state index in [1.807, 2.05) is 18.9 Å². The first kappa shape index (κ1) is 15.9. The summed E-state index contributed by atoms with van der Waals surface area (Å²) in [6.07, 6.45) is 1.74. The zero-order valence-electron chi connectivity index (χ0n) is 12.3. The standard InChI is InChI=1S/C13H26N4O2/c1-4-6-16(7-5-2)13(19)12(18)14-17-10-8-15(3)9-11-17/h4-11H2,1-3H3,(H,14,18). The molecule has 1 N–H and O–H groups in total. The highest BCUT2D eigenvalue weighted by Gasteiger charge is 2.23. The maximum atomic E-state index is 12.0. The van der Waals surface area contributed by atoms with Crippen LogP contribution in [0.15, 0.2) is 0 Å². The molecule has 6 heteroatoms. The van der Waals surface area contributed by atoms with E-state index in [1.165, 1.54) is 0 Å². The van der Waals surface area contributed by atoms with Crippen molar-refractivity contribution in [3.05, 3.63) is 0 Å². The maximum Gasteiger partial charge on any atom is 0.323 e. The number of rotatable bonds is 5. The molecule has 1 rings (SSSR count). The third kappa shape index (κ3) is 5.16. The van der Waals surface area contributed by atoms with E-state index in [0.717, 1.165) is 39.0 Å². The number of hydrogen-bond acceptors (Lipinski definition) is 4. The summed E-state index contributed by atoms with van der Waals surface area (Å²) in [5.74, 6) is -0.922. The Morgan fingerprint density at radius 1 is 1.05 bits per heavy atom. The molecule has 0 spiro atoms. The van der Waals surface area contributed by atoms with Gasteiger partial charge in [0, 0.05) is 39.3 Å². The number of hydrogen-bond donors (Lipinski definition) is 1. The van der Waals surface area contributed by atoms with Crippen LogP contribution in [0.5, 0.6) is 0 Å². The van der Waals surface area contributed by atoms with E-state index in [1.54, 1.807) is 4.90 Å². The van der Waals surface area contributed by atoms with Crippen molar-refractivity contribution in [2.24, 2.45) is 0 Å². The van der Waals surface area contributed by atoms with Crippen molar-refractivity contribution < 1.29 is 9.59 Å². The number of nitrogens with zero attached hydrogens (tertiary/aromatic N) is 3. The summed E-state index contributed by atoms with van der Waals surface area (Å²) < 4.78 is 0. The molecule has 6 nitrogen and oxygen atoms in total. The smallest absolute Gasteiger partial charge is 0.323 e. The molecule has 1 fully saturated rings. The number of carbonyl (C=O) groups excluding carboxylic acids is 2. The third-order valence-corrected chi connectivity index (χ3v) is 3.23. The van der Waals surface area contributed by atoms with Gasteiger partial charge >= 0.3 is 11.8 Å². The van der Waals surface area contributed by atoms with Crippen LogP contribution in [0.25, 0.3) is 0 Å². The topological polar surface area (TPSA) is 55.9 Å². The molecule has 1 heterocycles. The highest BCUT2D eigenvalue weighted by Crippen LogP contribution is 1.98. The Labute approximate surface area is 115 Å². The van der Waals surface area contributed by atoms with Gasteiger partial charge < -0.3 is 9.80 Å². The molecule has 0 atom stereocenters. The molecule has 0 unspecified atom stereocenters. The third-order valence-electron chi connectivity index (χ3n) is 3.23. The van der Waals surface area contributed by atoms with Gasteiger partial charge in [0.25, 0.3) is 0 Å². The first-order valence-corrected chi connectivity index (χ1v) is 7.11. The summed E-state index contributed by atoms with van der Waals surface area (Å²) in [6, 6.07) is 0. The van der Waals surface area contributed by atoms with E-state index in [4.69, 9.17) is 0 Å². The minimum absolute atomic E-state index is 0.414. The molecule has 1 aliphatic heterocycles. The Kier molecular flexibility index (Phi) is 6.80. The summed E-state index contributed by atoms with van der Waals surface area (Å²) in [6.45, 7) is 8.63. The van der Waals surface area contributed by atoms with Crippen molar-refractivity contribution in [2.45, 2.75) is 26.7 Å². The van der Waals surface area contributed by atoms with Gasteiger partial charge in [-0.2, -0.15) is 0 Å². The number of piperazine rings is 1. The fraction of sp³-hybridized carbons (Fsp3) is 0.846. The van der Waals surface area contributed by atoms with Gasteiger partial charge in [0.05, 0.1) is 0 Å². The minimum atomic E-state index is -0.508. The second-order valence-corrected chi connectivity index (χ2v) is 5.02. The summed E-state index contributed by atoms with van der Waals surface area (Å²) in [4.78, 5) is 27.8. The summed E-state index contributed by atoms with van der Waals surface area (Å²) >= 11 is 0. The lowest BCUT2D eigenvalue weighted by Gasteiger charge is -2.32. The molecule has 110 valence electrons. The molecular formula is C13H26N4O2. The van der Waals surface area contributed by atoms with Crippen molar-refractivity contribution in [1.82, 2.24) is 20.2 Å². The Hall–Kier alpha value is -1.14. The molecule has 0 bridgehead atoms. The fourth-order valence-electron chi connectivity index (χ4n) is 2.11. The van der Waals surface area contributed by atoms with Crippen LogP contribution in [0.1, 0.15) is 26.7 Å². The van der Waals surface area contributed by atoms with E-state index in [0.29, 0.717) is 13.1 Å². The first-order chi connectivity index (χ1) is 9.08. The summed E-state index contributed by atoms with van der Waals surface area (Å²) in [5, 5.41) is 1.83. The average Bonchev–Trinajstić information content (AvgIpc) is 2.40. The Balaban J connectivity index is 2.44.